The molecule has 0 aliphatic rings. The van der Waals surface area contributed by atoms with Gasteiger partial charge in [-0.3, -0.25) is 0 Å². The number of rotatable bonds is 8. The fourth-order valence-corrected chi connectivity index (χ4v) is 2.30. The molecule has 5 heteroatoms. The zero-order chi connectivity index (χ0) is 16.0. The highest BCUT2D eigenvalue weighted by atomic mass is 16.6. The molecular formula is C17H24N2O3. The maximum atomic E-state index is 10.2. The molecule has 0 amide bonds. The summed E-state index contributed by atoms with van der Waals surface area (Å²) in [7, 11) is 3.88. The van der Waals surface area contributed by atoms with Crippen molar-refractivity contribution in [1.82, 2.24) is 10.2 Å². The first-order valence-corrected chi connectivity index (χ1v) is 7.34. The standard InChI is InChI=1S/C17H24N2O3/c1-17(20,13-19(2)3)12-18-11-15-9-10-16(22-15)21-14-7-5-4-6-8-14/h4-10,18,20H,11-13H2,1-3H3. The zero-order valence-electron chi connectivity index (χ0n) is 13.4. The second-order valence-electron chi connectivity index (χ2n) is 5.97. The number of aliphatic hydroxyl groups is 1. The average Bonchev–Trinajstić information content (AvgIpc) is 2.85. The number of furan rings is 1. The third kappa shape index (κ3) is 5.52. The van der Waals surface area contributed by atoms with Crippen LogP contribution in [0.2, 0.25) is 0 Å². The van der Waals surface area contributed by atoms with E-state index in [1.54, 1.807) is 6.07 Å². The summed E-state index contributed by atoms with van der Waals surface area (Å²) < 4.78 is 11.2. The van der Waals surface area contributed by atoms with Crippen LogP contribution in [0.3, 0.4) is 0 Å². The van der Waals surface area contributed by atoms with Gasteiger partial charge in [0.05, 0.1) is 12.1 Å². The molecule has 0 aliphatic heterocycles. The molecule has 1 atom stereocenters. The SMILES string of the molecule is CN(C)CC(C)(O)CNCc1ccc(Oc2ccccc2)o1. The van der Waals surface area contributed by atoms with Gasteiger partial charge in [0, 0.05) is 19.2 Å². The lowest BCUT2D eigenvalue weighted by Crippen LogP contribution is -2.45. The van der Waals surface area contributed by atoms with Crippen molar-refractivity contribution in [3.8, 4) is 11.7 Å². The lowest BCUT2D eigenvalue weighted by atomic mass is 10.1. The van der Waals surface area contributed by atoms with Crippen LogP contribution in [0.1, 0.15) is 12.7 Å². The number of hydrogen-bond donors (Lipinski definition) is 2. The van der Waals surface area contributed by atoms with Gasteiger partial charge in [-0.2, -0.15) is 0 Å². The van der Waals surface area contributed by atoms with Crippen molar-refractivity contribution in [3.63, 3.8) is 0 Å². The summed E-state index contributed by atoms with van der Waals surface area (Å²) >= 11 is 0. The lowest BCUT2D eigenvalue weighted by molar-refractivity contribution is 0.0332. The molecule has 0 spiro atoms. The molecule has 0 saturated heterocycles. The minimum absolute atomic E-state index is 0.461. The van der Waals surface area contributed by atoms with Crippen LogP contribution in [0.25, 0.3) is 0 Å². The molecule has 2 N–H and O–H groups in total. The number of benzene rings is 1. The Labute approximate surface area is 131 Å². The van der Waals surface area contributed by atoms with E-state index in [0.29, 0.717) is 25.6 Å². The van der Waals surface area contributed by atoms with Gasteiger partial charge < -0.3 is 24.5 Å². The second-order valence-corrected chi connectivity index (χ2v) is 5.97. The Morgan fingerprint density at radius 1 is 1.18 bits per heavy atom. The van der Waals surface area contributed by atoms with Crippen molar-refractivity contribution in [1.29, 1.82) is 0 Å². The lowest BCUT2D eigenvalue weighted by Gasteiger charge is -2.27. The normalized spacial score (nSPS) is 14.0. The average molecular weight is 304 g/mol. The fourth-order valence-electron chi connectivity index (χ4n) is 2.30. The van der Waals surface area contributed by atoms with Crippen LogP contribution in [0, 0.1) is 0 Å². The van der Waals surface area contributed by atoms with Crippen molar-refractivity contribution < 1.29 is 14.3 Å². The van der Waals surface area contributed by atoms with E-state index in [9.17, 15) is 5.11 Å². The van der Waals surface area contributed by atoms with Gasteiger partial charge in [0.25, 0.3) is 5.95 Å². The van der Waals surface area contributed by atoms with Crippen LogP contribution < -0.4 is 10.1 Å². The molecule has 1 aromatic carbocycles. The van der Waals surface area contributed by atoms with E-state index in [0.717, 1.165) is 11.5 Å². The summed E-state index contributed by atoms with van der Waals surface area (Å²) in [5.74, 6) is 1.97. The van der Waals surface area contributed by atoms with E-state index in [4.69, 9.17) is 9.15 Å². The Balaban J connectivity index is 1.80. The Morgan fingerprint density at radius 2 is 1.91 bits per heavy atom. The van der Waals surface area contributed by atoms with Crippen molar-refractivity contribution >= 4 is 0 Å². The number of nitrogens with one attached hydrogen (secondary N) is 1. The first-order chi connectivity index (χ1) is 10.4. The zero-order valence-corrected chi connectivity index (χ0v) is 13.4. The van der Waals surface area contributed by atoms with Gasteiger partial charge in [-0.25, -0.2) is 0 Å². The molecule has 0 bridgehead atoms. The highest BCUT2D eigenvalue weighted by Crippen LogP contribution is 2.23. The maximum Gasteiger partial charge on any atom is 0.290 e. The molecule has 1 aromatic heterocycles. The molecule has 120 valence electrons. The maximum absolute atomic E-state index is 10.2. The summed E-state index contributed by atoms with van der Waals surface area (Å²) in [6, 6.07) is 13.2. The summed E-state index contributed by atoms with van der Waals surface area (Å²) in [6.45, 7) is 3.44. The first-order valence-electron chi connectivity index (χ1n) is 7.34. The molecule has 1 heterocycles. The number of hydrogen-bond acceptors (Lipinski definition) is 5. The predicted molar refractivity (Wildman–Crippen MR) is 86.1 cm³/mol. The van der Waals surface area contributed by atoms with Gasteiger partial charge in [0.1, 0.15) is 11.5 Å². The number of nitrogens with zero attached hydrogens (tertiary/aromatic N) is 1. The van der Waals surface area contributed by atoms with E-state index in [-0.39, 0.29) is 0 Å². The molecule has 0 fully saturated rings. The first kappa shape index (κ1) is 16.5. The predicted octanol–water partition coefficient (Wildman–Crippen LogP) is 2.47. The Kier molecular flexibility index (Phi) is 5.60. The van der Waals surface area contributed by atoms with Gasteiger partial charge in [0.15, 0.2) is 0 Å². The monoisotopic (exact) mass is 304 g/mol. The number of ether oxygens (including phenoxy) is 1. The molecular weight excluding hydrogens is 280 g/mol. The minimum Gasteiger partial charge on any atom is -0.429 e. The molecule has 22 heavy (non-hydrogen) atoms. The molecule has 0 aliphatic carbocycles. The van der Waals surface area contributed by atoms with Crippen LogP contribution in [0.15, 0.2) is 46.9 Å². The summed E-state index contributed by atoms with van der Waals surface area (Å²) in [5.41, 5.74) is -0.778. The van der Waals surface area contributed by atoms with Gasteiger partial charge in [-0.1, -0.05) is 18.2 Å². The van der Waals surface area contributed by atoms with Gasteiger partial charge in [-0.05, 0) is 39.2 Å². The smallest absolute Gasteiger partial charge is 0.290 e. The van der Waals surface area contributed by atoms with Gasteiger partial charge in [0.2, 0.25) is 0 Å². The van der Waals surface area contributed by atoms with Crippen LogP contribution >= 0.6 is 0 Å². The molecule has 2 aromatic rings. The third-order valence-electron chi connectivity index (χ3n) is 3.06. The van der Waals surface area contributed by atoms with E-state index in [1.807, 2.05) is 62.3 Å². The Hall–Kier alpha value is -1.82. The number of para-hydroxylation sites is 1. The molecule has 0 radical (unpaired) electrons. The molecule has 2 rings (SSSR count). The quantitative estimate of drug-likeness (QED) is 0.784. The molecule has 0 saturated carbocycles. The highest BCUT2D eigenvalue weighted by molar-refractivity contribution is 5.26. The fraction of sp³-hybridized carbons (Fsp3) is 0.412. The highest BCUT2D eigenvalue weighted by Gasteiger charge is 2.20. The minimum atomic E-state index is -0.778. The summed E-state index contributed by atoms with van der Waals surface area (Å²) in [6.07, 6.45) is 0. The molecule has 1 unspecified atom stereocenters. The Bertz CT molecular complexity index is 564. The topological polar surface area (TPSA) is 57.9 Å². The van der Waals surface area contributed by atoms with E-state index < -0.39 is 5.60 Å². The van der Waals surface area contributed by atoms with Crippen LogP contribution in [-0.4, -0.2) is 42.8 Å². The van der Waals surface area contributed by atoms with E-state index in [2.05, 4.69) is 5.32 Å². The van der Waals surface area contributed by atoms with Crippen LogP contribution in [0.4, 0.5) is 0 Å². The van der Waals surface area contributed by atoms with Crippen molar-refractivity contribution in [2.75, 3.05) is 27.2 Å². The van der Waals surface area contributed by atoms with Crippen LogP contribution in [-0.2, 0) is 6.54 Å². The third-order valence-corrected chi connectivity index (χ3v) is 3.06. The number of likely N-dealkylation sites (N-methyl/N-ethyl adjacent to an activating group) is 1. The van der Waals surface area contributed by atoms with Crippen LogP contribution in [0.5, 0.6) is 11.7 Å². The van der Waals surface area contributed by atoms with E-state index in [1.165, 1.54) is 0 Å². The van der Waals surface area contributed by atoms with Gasteiger partial charge in [-0.15, -0.1) is 0 Å². The molecule has 5 nitrogen and oxygen atoms in total. The summed E-state index contributed by atoms with van der Waals surface area (Å²) in [5, 5.41) is 13.4. The van der Waals surface area contributed by atoms with E-state index >= 15 is 0 Å². The van der Waals surface area contributed by atoms with Gasteiger partial charge >= 0.3 is 0 Å². The van der Waals surface area contributed by atoms with Crippen molar-refractivity contribution in [2.24, 2.45) is 0 Å². The summed E-state index contributed by atoms with van der Waals surface area (Å²) in [4.78, 5) is 1.96. The second kappa shape index (κ2) is 7.45. The Morgan fingerprint density at radius 3 is 2.59 bits per heavy atom. The van der Waals surface area contributed by atoms with Crippen molar-refractivity contribution in [3.05, 3.63) is 48.2 Å². The van der Waals surface area contributed by atoms with Crippen molar-refractivity contribution in [2.45, 2.75) is 19.1 Å². The largest absolute Gasteiger partial charge is 0.429 e.